The van der Waals surface area contributed by atoms with Gasteiger partial charge in [-0.15, -0.1) is 6.58 Å². The van der Waals surface area contributed by atoms with Crippen LogP contribution in [0.3, 0.4) is 0 Å². The highest BCUT2D eigenvalue weighted by atomic mass is 16.7. The zero-order chi connectivity index (χ0) is 16.1. The van der Waals surface area contributed by atoms with Gasteiger partial charge in [0, 0.05) is 11.8 Å². The van der Waals surface area contributed by atoms with Crippen LogP contribution in [0.4, 0.5) is 0 Å². The first-order valence-electron chi connectivity index (χ1n) is 9.07. The number of esters is 1. The van der Waals surface area contributed by atoms with Crippen molar-refractivity contribution in [2.24, 2.45) is 11.3 Å². The van der Waals surface area contributed by atoms with E-state index in [-0.39, 0.29) is 17.3 Å². The summed E-state index contributed by atoms with van der Waals surface area (Å²) >= 11 is 0. The maximum atomic E-state index is 12.5. The number of hydrogen-bond acceptors (Lipinski definition) is 3. The maximum absolute atomic E-state index is 12.5. The van der Waals surface area contributed by atoms with Crippen LogP contribution in [0.5, 0.6) is 0 Å². The van der Waals surface area contributed by atoms with Crippen LogP contribution >= 0.6 is 0 Å². The van der Waals surface area contributed by atoms with Gasteiger partial charge in [0.1, 0.15) is 0 Å². The van der Waals surface area contributed by atoms with E-state index in [2.05, 4.69) is 13.5 Å². The van der Waals surface area contributed by atoms with Crippen molar-refractivity contribution in [3.63, 3.8) is 0 Å². The van der Waals surface area contributed by atoms with Crippen molar-refractivity contribution >= 4 is 5.97 Å². The summed E-state index contributed by atoms with van der Waals surface area (Å²) in [6.45, 7) is 8.78. The van der Waals surface area contributed by atoms with E-state index in [1.54, 1.807) is 0 Å². The van der Waals surface area contributed by atoms with Crippen molar-refractivity contribution in [2.45, 2.75) is 83.8 Å². The quantitative estimate of drug-likeness (QED) is 0.341. The molecule has 0 N–H and O–H groups in total. The van der Waals surface area contributed by atoms with Crippen molar-refractivity contribution in [2.75, 3.05) is 6.61 Å². The second-order valence-corrected chi connectivity index (χ2v) is 7.15. The zero-order valence-electron chi connectivity index (χ0n) is 14.4. The summed E-state index contributed by atoms with van der Waals surface area (Å²) in [4.78, 5) is 12.5. The second-order valence-electron chi connectivity index (χ2n) is 7.15. The van der Waals surface area contributed by atoms with Gasteiger partial charge in [-0.1, -0.05) is 45.6 Å². The summed E-state index contributed by atoms with van der Waals surface area (Å²) in [5, 5.41) is 0. The normalized spacial score (nSPS) is 31.7. The van der Waals surface area contributed by atoms with Crippen molar-refractivity contribution in [1.82, 2.24) is 0 Å². The van der Waals surface area contributed by atoms with E-state index >= 15 is 0 Å². The van der Waals surface area contributed by atoms with Crippen LogP contribution in [0.15, 0.2) is 12.7 Å². The third-order valence-corrected chi connectivity index (χ3v) is 5.58. The van der Waals surface area contributed by atoms with Crippen molar-refractivity contribution in [1.29, 1.82) is 0 Å². The molecule has 0 aromatic carbocycles. The third-order valence-electron chi connectivity index (χ3n) is 5.58. The van der Waals surface area contributed by atoms with E-state index < -0.39 is 5.79 Å². The molecule has 0 bridgehead atoms. The van der Waals surface area contributed by atoms with Gasteiger partial charge < -0.3 is 9.47 Å². The van der Waals surface area contributed by atoms with Crippen LogP contribution in [-0.2, 0) is 14.3 Å². The molecule has 1 saturated heterocycles. The molecule has 1 heterocycles. The van der Waals surface area contributed by atoms with E-state index in [1.165, 1.54) is 19.3 Å². The van der Waals surface area contributed by atoms with Crippen molar-refractivity contribution in [3.8, 4) is 0 Å². The molecule has 3 heteroatoms. The van der Waals surface area contributed by atoms with Gasteiger partial charge in [-0.2, -0.15) is 0 Å². The van der Waals surface area contributed by atoms with Crippen LogP contribution in [0, 0.1) is 11.3 Å². The fourth-order valence-corrected chi connectivity index (χ4v) is 4.15. The molecule has 0 radical (unpaired) electrons. The Labute approximate surface area is 135 Å². The maximum Gasteiger partial charge on any atom is 0.311 e. The van der Waals surface area contributed by atoms with Crippen molar-refractivity contribution in [3.05, 3.63) is 12.7 Å². The van der Waals surface area contributed by atoms with Gasteiger partial charge >= 0.3 is 5.97 Å². The van der Waals surface area contributed by atoms with Gasteiger partial charge in [0.05, 0.1) is 12.5 Å². The molecule has 0 amide bonds. The lowest BCUT2D eigenvalue weighted by Crippen LogP contribution is -2.45. The van der Waals surface area contributed by atoms with Gasteiger partial charge in [-0.3, -0.25) is 4.79 Å². The predicted molar refractivity (Wildman–Crippen MR) is 88.4 cm³/mol. The van der Waals surface area contributed by atoms with E-state index in [0.717, 1.165) is 44.9 Å². The summed E-state index contributed by atoms with van der Waals surface area (Å²) in [7, 11) is 0. The van der Waals surface area contributed by atoms with E-state index in [1.807, 2.05) is 13.0 Å². The average Bonchev–Trinajstić information content (AvgIpc) is 2.98. The molecule has 3 atom stereocenters. The van der Waals surface area contributed by atoms with Crippen LogP contribution in [0.2, 0.25) is 0 Å². The summed E-state index contributed by atoms with van der Waals surface area (Å²) in [5.74, 6) is -0.776. The largest absolute Gasteiger partial charge is 0.432 e. The Morgan fingerprint density at radius 2 is 2.14 bits per heavy atom. The molecule has 3 nitrogen and oxygen atoms in total. The number of rotatable bonds is 9. The van der Waals surface area contributed by atoms with Gasteiger partial charge in [0.25, 0.3) is 0 Å². The first-order chi connectivity index (χ1) is 10.6. The molecule has 2 rings (SSSR count). The number of carbonyl (C=O) groups is 1. The third kappa shape index (κ3) is 3.40. The molecule has 2 fully saturated rings. The molecule has 22 heavy (non-hydrogen) atoms. The topological polar surface area (TPSA) is 35.5 Å². The molecular formula is C19H32O3. The molecule has 0 aromatic rings. The first kappa shape index (κ1) is 17.5. The molecule has 0 aromatic heterocycles. The summed E-state index contributed by atoms with van der Waals surface area (Å²) in [6.07, 6.45) is 12.5. The van der Waals surface area contributed by atoms with Gasteiger partial charge in [-0.25, -0.2) is 0 Å². The smallest absolute Gasteiger partial charge is 0.311 e. The van der Waals surface area contributed by atoms with E-state index in [0.29, 0.717) is 6.61 Å². The number of carbonyl (C=O) groups excluding carboxylic acids is 1. The lowest BCUT2D eigenvalue weighted by Gasteiger charge is -2.38. The Bertz CT molecular complexity index is 378. The van der Waals surface area contributed by atoms with Crippen LogP contribution < -0.4 is 0 Å². The molecule has 126 valence electrons. The highest BCUT2D eigenvalue weighted by Gasteiger charge is 2.61. The van der Waals surface area contributed by atoms with Crippen LogP contribution in [-0.4, -0.2) is 18.4 Å². The van der Waals surface area contributed by atoms with Gasteiger partial charge in [0.2, 0.25) is 5.79 Å². The fourth-order valence-electron chi connectivity index (χ4n) is 4.15. The molecule has 0 spiro atoms. The fraction of sp³-hybridized carbons (Fsp3) is 0.842. The summed E-state index contributed by atoms with van der Waals surface area (Å²) < 4.78 is 12.0. The lowest BCUT2D eigenvalue weighted by atomic mass is 9.77. The van der Waals surface area contributed by atoms with E-state index in [4.69, 9.17) is 9.47 Å². The first-order valence-corrected chi connectivity index (χ1v) is 9.07. The van der Waals surface area contributed by atoms with Crippen LogP contribution in [0.1, 0.15) is 78.1 Å². The standard InChI is InChI=1S/C19H32O3/c1-4-6-7-8-10-16(3)17(20)22-19-13-9-12-18(19,11-5-2)14-15-21-19/h5,16H,2,4,6-15H2,1,3H3. The SMILES string of the molecule is C=CCC12CCCC1(OC(=O)C(C)CCCCCC)OCC2. The lowest BCUT2D eigenvalue weighted by molar-refractivity contribution is -0.242. The van der Waals surface area contributed by atoms with E-state index in [9.17, 15) is 4.79 Å². The highest BCUT2D eigenvalue weighted by Crippen LogP contribution is 2.58. The Kier molecular flexibility index (Phi) is 6.08. The number of fused-ring (bicyclic) bond motifs is 1. The Hall–Kier alpha value is -0.830. The summed E-state index contributed by atoms with van der Waals surface area (Å²) in [5.41, 5.74) is -0.0215. The molecule has 3 unspecified atom stereocenters. The Morgan fingerprint density at radius 3 is 2.86 bits per heavy atom. The number of ether oxygens (including phenoxy) is 2. The highest BCUT2D eigenvalue weighted by molar-refractivity contribution is 5.72. The predicted octanol–water partition coefficient (Wildman–Crippen LogP) is 5.00. The molecular weight excluding hydrogens is 276 g/mol. The molecule has 1 aliphatic heterocycles. The van der Waals surface area contributed by atoms with Crippen molar-refractivity contribution < 1.29 is 14.3 Å². The zero-order valence-corrected chi connectivity index (χ0v) is 14.4. The number of unbranched alkanes of at least 4 members (excludes halogenated alkanes) is 3. The average molecular weight is 308 g/mol. The number of hydrogen-bond donors (Lipinski definition) is 0. The minimum atomic E-state index is -0.671. The minimum absolute atomic E-state index is 0.0215. The Morgan fingerprint density at radius 1 is 1.32 bits per heavy atom. The summed E-state index contributed by atoms with van der Waals surface area (Å²) in [6, 6.07) is 0. The second kappa shape index (κ2) is 7.63. The number of allylic oxidation sites excluding steroid dienone is 1. The Balaban J connectivity index is 1.93. The minimum Gasteiger partial charge on any atom is -0.432 e. The van der Waals surface area contributed by atoms with Gasteiger partial charge in [-0.05, 0) is 32.1 Å². The monoisotopic (exact) mass is 308 g/mol. The molecule has 1 aliphatic carbocycles. The molecule has 2 aliphatic rings. The van der Waals surface area contributed by atoms with Gasteiger partial charge in [0.15, 0.2) is 0 Å². The molecule has 1 saturated carbocycles. The van der Waals surface area contributed by atoms with Crippen LogP contribution in [0.25, 0.3) is 0 Å².